The molecule has 0 aromatic heterocycles. The Morgan fingerprint density at radius 1 is 1.31 bits per heavy atom. The molecule has 1 aliphatic rings. The summed E-state index contributed by atoms with van der Waals surface area (Å²) in [6.45, 7) is 0.141. The summed E-state index contributed by atoms with van der Waals surface area (Å²) >= 11 is 0. The molecule has 78 valence electrons. The van der Waals surface area contributed by atoms with Crippen molar-refractivity contribution in [3.8, 4) is 0 Å². The predicted molar refractivity (Wildman–Crippen MR) is 52.3 cm³/mol. The van der Waals surface area contributed by atoms with Crippen LogP contribution in [-0.4, -0.2) is 32.1 Å². The van der Waals surface area contributed by atoms with Gasteiger partial charge in [0.05, 0.1) is 5.75 Å². The lowest BCUT2D eigenvalue weighted by molar-refractivity contribution is 0.127. The maximum Gasteiger partial charge on any atom is 0.147 e. The van der Waals surface area contributed by atoms with Crippen LogP contribution < -0.4 is 0 Å². The lowest BCUT2D eigenvalue weighted by Gasteiger charge is -2.25. The molecule has 0 atom stereocenters. The maximum absolute atomic E-state index is 11.0. The zero-order valence-electron chi connectivity index (χ0n) is 8.12. The molecular formula is C9H18O3S. The van der Waals surface area contributed by atoms with Gasteiger partial charge in [0.2, 0.25) is 0 Å². The first-order valence-corrected chi connectivity index (χ1v) is 6.82. The fraction of sp³-hybridized carbons (Fsp3) is 1.00. The molecule has 4 heteroatoms. The molecule has 1 aliphatic carbocycles. The van der Waals surface area contributed by atoms with Crippen molar-refractivity contribution in [1.82, 2.24) is 0 Å². The first kappa shape index (κ1) is 11.0. The fourth-order valence-corrected chi connectivity index (χ4v) is 2.82. The third-order valence-corrected chi connectivity index (χ3v) is 3.95. The van der Waals surface area contributed by atoms with Gasteiger partial charge in [0, 0.05) is 12.9 Å². The minimum atomic E-state index is -2.87. The molecule has 13 heavy (non-hydrogen) atoms. The molecule has 0 unspecified atom stereocenters. The van der Waals surface area contributed by atoms with Gasteiger partial charge in [-0.3, -0.25) is 0 Å². The van der Waals surface area contributed by atoms with Gasteiger partial charge in [-0.15, -0.1) is 0 Å². The number of rotatable bonds is 4. The second-order valence-electron chi connectivity index (χ2n) is 4.25. The van der Waals surface area contributed by atoms with Gasteiger partial charge in [0.1, 0.15) is 9.84 Å². The maximum atomic E-state index is 11.0. The standard InChI is InChI=1S/C9H18O3S/c1-13(11,12)7-6-9(8-10)4-2-3-5-9/h10H,2-8H2,1H3. The van der Waals surface area contributed by atoms with Crippen molar-refractivity contribution in [3.63, 3.8) is 0 Å². The second kappa shape index (κ2) is 3.96. The highest BCUT2D eigenvalue weighted by Crippen LogP contribution is 2.40. The van der Waals surface area contributed by atoms with E-state index in [1.54, 1.807) is 0 Å². The molecule has 0 radical (unpaired) electrons. The Bertz CT molecular complexity index is 250. The van der Waals surface area contributed by atoms with Crippen molar-refractivity contribution in [3.05, 3.63) is 0 Å². The van der Waals surface area contributed by atoms with E-state index in [0.717, 1.165) is 25.7 Å². The number of aliphatic hydroxyl groups excluding tert-OH is 1. The molecule has 0 aliphatic heterocycles. The minimum Gasteiger partial charge on any atom is -0.396 e. The summed E-state index contributed by atoms with van der Waals surface area (Å²) in [7, 11) is -2.87. The predicted octanol–water partition coefficient (Wildman–Crippen LogP) is 0.974. The Hall–Kier alpha value is -0.0900. The van der Waals surface area contributed by atoms with Crippen LogP contribution in [0, 0.1) is 5.41 Å². The first-order valence-electron chi connectivity index (χ1n) is 4.76. The monoisotopic (exact) mass is 206 g/mol. The Kier molecular flexibility index (Phi) is 3.35. The van der Waals surface area contributed by atoms with Crippen molar-refractivity contribution >= 4 is 9.84 Å². The normalized spacial score (nSPS) is 22.0. The van der Waals surface area contributed by atoms with E-state index in [0.29, 0.717) is 6.42 Å². The summed E-state index contributed by atoms with van der Waals surface area (Å²) < 4.78 is 21.9. The minimum absolute atomic E-state index is 0.0803. The van der Waals surface area contributed by atoms with Crippen LogP contribution in [0.25, 0.3) is 0 Å². The van der Waals surface area contributed by atoms with Gasteiger partial charge in [-0.2, -0.15) is 0 Å². The van der Waals surface area contributed by atoms with Crippen molar-refractivity contribution in [2.24, 2.45) is 5.41 Å². The molecule has 0 aromatic carbocycles. The molecule has 1 rings (SSSR count). The largest absolute Gasteiger partial charge is 0.396 e. The van der Waals surface area contributed by atoms with Gasteiger partial charge in [0.25, 0.3) is 0 Å². The quantitative estimate of drug-likeness (QED) is 0.746. The number of hydrogen-bond donors (Lipinski definition) is 1. The van der Waals surface area contributed by atoms with Crippen LogP contribution >= 0.6 is 0 Å². The van der Waals surface area contributed by atoms with Crippen LogP contribution in [0.3, 0.4) is 0 Å². The lowest BCUT2D eigenvalue weighted by Crippen LogP contribution is -2.24. The number of sulfone groups is 1. The first-order chi connectivity index (χ1) is 5.97. The van der Waals surface area contributed by atoms with Gasteiger partial charge < -0.3 is 5.11 Å². The Morgan fingerprint density at radius 3 is 2.23 bits per heavy atom. The molecule has 0 bridgehead atoms. The summed E-state index contributed by atoms with van der Waals surface area (Å²) in [4.78, 5) is 0. The Labute approximate surface area is 80.1 Å². The van der Waals surface area contributed by atoms with E-state index in [2.05, 4.69) is 0 Å². The van der Waals surface area contributed by atoms with E-state index in [9.17, 15) is 13.5 Å². The molecule has 0 spiro atoms. The van der Waals surface area contributed by atoms with Crippen LogP contribution in [-0.2, 0) is 9.84 Å². The second-order valence-corrected chi connectivity index (χ2v) is 6.50. The van der Waals surface area contributed by atoms with E-state index in [1.807, 2.05) is 0 Å². The topological polar surface area (TPSA) is 54.4 Å². The van der Waals surface area contributed by atoms with Crippen LogP contribution in [0.1, 0.15) is 32.1 Å². The van der Waals surface area contributed by atoms with Crippen LogP contribution in [0.5, 0.6) is 0 Å². The summed E-state index contributed by atoms with van der Waals surface area (Å²) in [5.41, 5.74) is -0.0803. The van der Waals surface area contributed by atoms with Crippen molar-refractivity contribution in [2.75, 3.05) is 18.6 Å². The van der Waals surface area contributed by atoms with Gasteiger partial charge >= 0.3 is 0 Å². The number of aliphatic hydroxyl groups is 1. The van der Waals surface area contributed by atoms with E-state index >= 15 is 0 Å². The average molecular weight is 206 g/mol. The summed E-state index contributed by atoms with van der Waals surface area (Å²) in [5.74, 6) is 0.216. The highest BCUT2D eigenvalue weighted by atomic mass is 32.2. The van der Waals surface area contributed by atoms with Crippen LogP contribution in [0.15, 0.2) is 0 Å². The van der Waals surface area contributed by atoms with E-state index < -0.39 is 9.84 Å². The Morgan fingerprint density at radius 2 is 1.85 bits per heavy atom. The average Bonchev–Trinajstić information content (AvgIpc) is 2.49. The van der Waals surface area contributed by atoms with Crippen LogP contribution in [0.2, 0.25) is 0 Å². The molecule has 0 heterocycles. The summed E-state index contributed by atoms with van der Waals surface area (Å²) in [6.07, 6.45) is 6.11. The Balaban J connectivity index is 2.50. The van der Waals surface area contributed by atoms with Crippen LogP contribution in [0.4, 0.5) is 0 Å². The molecule has 0 saturated heterocycles. The zero-order valence-corrected chi connectivity index (χ0v) is 8.94. The lowest BCUT2D eigenvalue weighted by atomic mass is 9.84. The molecular weight excluding hydrogens is 188 g/mol. The highest BCUT2D eigenvalue weighted by molar-refractivity contribution is 7.90. The van der Waals surface area contributed by atoms with Gasteiger partial charge in [0.15, 0.2) is 0 Å². The summed E-state index contributed by atoms with van der Waals surface area (Å²) in [5, 5.41) is 9.22. The molecule has 0 aromatic rings. The molecule has 3 nitrogen and oxygen atoms in total. The SMILES string of the molecule is CS(=O)(=O)CCC1(CO)CCCC1. The van der Waals surface area contributed by atoms with Crippen molar-refractivity contribution in [2.45, 2.75) is 32.1 Å². The fourth-order valence-electron chi connectivity index (χ4n) is 2.01. The third-order valence-electron chi connectivity index (χ3n) is 3.00. The smallest absolute Gasteiger partial charge is 0.147 e. The molecule has 0 amide bonds. The van der Waals surface area contributed by atoms with E-state index in [4.69, 9.17) is 0 Å². The van der Waals surface area contributed by atoms with E-state index in [-0.39, 0.29) is 17.8 Å². The summed E-state index contributed by atoms with van der Waals surface area (Å²) in [6, 6.07) is 0. The van der Waals surface area contributed by atoms with Gasteiger partial charge in [-0.25, -0.2) is 8.42 Å². The van der Waals surface area contributed by atoms with Crippen molar-refractivity contribution < 1.29 is 13.5 Å². The highest BCUT2D eigenvalue weighted by Gasteiger charge is 2.33. The third kappa shape index (κ3) is 3.27. The van der Waals surface area contributed by atoms with Gasteiger partial charge in [-0.1, -0.05) is 12.8 Å². The molecule has 1 fully saturated rings. The molecule has 1 N–H and O–H groups in total. The van der Waals surface area contributed by atoms with E-state index in [1.165, 1.54) is 6.26 Å². The zero-order chi connectivity index (χ0) is 9.95. The van der Waals surface area contributed by atoms with Gasteiger partial charge in [-0.05, 0) is 24.7 Å². The molecule has 1 saturated carbocycles. The number of hydrogen-bond acceptors (Lipinski definition) is 3. The van der Waals surface area contributed by atoms with Crippen molar-refractivity contribution in [1.29, 1.82) is 0 Å².